The Bertz CT molecular complexity index is 840. The zero-order valence-electron chi connectivity index (χ0n) is 36.1. The van der Waals surface area contributed by atoms with Crippen molar-refractivity contribution in [1.29, 1.82) is 0 Å². The fourth-order valence-electron chi connectivity index (χ4n) is 7.23. The Hall–Kier alpha value is -1.43. The van der Waals surface area contributed by atoms with Gasteiger partial charge in [-0.15, -0.1) is 0 Å². The molecule has 5 heteroatoms. The standard InChI is InChI=1S/C49H93NO4/c1-3-5-7-9-11-13-15-17-19-21-23-24-25-26-28-30-32-34-36-38-40-42-46(52)44-49(54)50-47(45-51)48(53)43-41-39-37-35-33-31-29-27-22-20-18-16-14-12-10-8-6-4-2/h26,28,33,35,41,43,46-48,51-53H,3-25,27,29-32,34,36-40,42,44-45H2,1-2H3,(H,50,54)/b28-26-,35-33+,43-41+. The SMILES string of the molecule is CCCCCCCCCCCCCC/C=C\CCCCCCCC(O)CC(=O)NC(CO)C(O)/C=C/CC/C=C/CCCCCCCCCCCCCC. The largest absolute Gasteiger partial charge is 0.394 e. The van der Waals surface area contributed by atoms with Gasteiger partial charge in [0.2, 0.25) is 5.91 Å². The van der Waals surface area contributed by atoms with Gasteiger partial charge in [0.1, 0.15) is 0 Å². The molecule has 4 N–H and O–H groups in total. The number of allylic oxidation sites excluding steroid dienone is 5. The molecule has 0 aliphatic heterocycles. The third kappa shape index (κ3) is 40.2. The minimum atomic E-state index is -0.953. The van der Waals surface area contributed by atoms with Gasteiger partial charge in [-0.25, -0.2) is 0 Å². The summed E-state index contributed by atoms with van der Waals surface area (Å²) in [7, 11) is 0. The molecule has 3 atom stereocenters. The van der Waals surface area contributed by atoms with E-state index >= 15 is 0 Å². The quantitative estimate of drug-likeness (QED) is 0.0368. The van der Waals surface area contributed by atoms with Crippen LogP contribution >= 0.6 is 0 Å². The fraction of sp³-hybridized carbons (Fsp3) is 0.857. The second-order valence-electron chi connectivity index (χ2n) is 16.4. The van der Waals surface area contributed by atoms with Crippen LogP contribution in [0.15, 0.2) is 36.5 Å². The minimum Gasteiger partial charge on any atom is -0.394 e. The molecule has 318 valence electrons. The molecule has 0 saturated carbocycles. The smallest absolute Gasteiger partial charge is 0.222 e. The van der Waals surface area contributed by atoms with Crippen LogP contribution in [0.3, 0.4) is 0 Å². The van der Waals surface area contributed by atoms with Gasteiger partial charge in [-0.3, -0.25) is 4.79 Å². The lowest BCUT2D eigenvalue weighted by molar-refractivity contribution is -0.124. The molecule has 3 unspecified atom stereocenters. The monoisotopic (exact) mass is 760 g/mol. The Balaban J connectivity index is 3.68. The Labute approximate surface area is 336 Å². The Morgan fingerprint density at radius 1 is 0.463 bits per heavy atom. The van der Waals surface area contributed by atoms with Crippen LogP contribution in [-0.4, -0.2) is 46.1 Å². The van der Waals surface area contributed by atoms with Crippen LogP contribution in [0.2, 0.25) is 0 Å². The topological polar surface area (TPSA) is 89.8 Å². The summed E-state index contributed by atoms with van der Waals surface area (Å²) in [5.41, 5.74) is 0. The number of nitrogens with one attached hydrogen (secondary N) is 1. The number of carbonyl (C=O) groups is 1. The highest BCUT2D eigenvalue weighted by molar-refractivity contribution is 5.76. The summed E-state index contributed by atoms with van der Waals surface area (Å²) in [6.07, 6.45) is 55.8. The maximum absolute atomic E-state index is 12.5. The van der Waals surface area contributed by atoms with Crippen LogP contribution < -0.4 is 5.32 Å². The molecule has 0 saturated heterocycles. The van der Waals surface area contributed by atoms with Crippen molar-refractivity contribution in [3.8, 4) is 0 Å². The van der Waals surface area contributed by atoms with Gasteiger partial charge >= 0.3 is 0 Å². The van der Waals surface area contributed by atoms with E-state index in [-0.39, 0.29) is 18.9 Å². The molecule has 0 fully saturated rings. The molecule has 0 rings (SSSR count). The van der Waals surface area contributed by atoms with Crippen molar-refractivity contribution in [3.63, 3.8) is 0 Å². The number of rotatable bonds is 43. The Morgan fingerprint density at radius 3 is 1.19 bits per heavy atom. The average Bonchev–Trinajstić information content (AvgIpc) is 3.16. The molecule has 0 heterocycles. The summed E-state index contributed by atoms with van der Waals surface area (Å²) in [4.78, 5) is 12.5. The fourth-order valence-corrected chi connectivity index (χ4v) is 7.23. The summed E-state index contributed by atoms with van der Waals surface area (Å²) in [6.45, 7) is 4.21. The normalized spacial score (nSPS) is 13.8. The summed E-state index contributed by atoms with van der Waals surface area (Å²) in [6, 6.07) is -0.763. The first-order valence-electron chi connectivity index (χ1n) is 23.8. The number of unbranched alkanes of at least 4 members (excludes halogenated alkanes) is 30. The molecule has 0 aliphatic carbocycles. The number of hydrogen-bond donors (Lipinski definition) is 4. The molecule has 0 aromatic rings. The Kier molecular flexibility index (Phi) is 43.1. The van der Waals surface area contributed by atoms with E-state index in [9.17, 15) is 20.1 Å². The molecule has 0 radical (unpaired) electrons. The number of aliphatic hydroxyl groups excluding tert-OH is 3. The summed E-state index contributed by atoms with van der Waals surface area (Å²) < 4.78 is 0. The van der Waals surface area contributed by atoms with E-state index in [4.69, 9.17) is 0 Å². The average molecular weight is 760 g/mol. The predicted molar refractivity (Wildman–Crippen MR) is 236 cm³/mol. The van der Waals surface area contributed by atoms with Crippen molar-refractivity contribution >= 4 is 5.91 Å². The molecule has 0 aromatic carbocycles. The van der Waals surface area contributed by atoms with Crippen LogP contribution in [0, 0.1) is 0 Å². The number of aliphatic hydroxyl groups is 3. The lowest BCUT2D eigenvalue weighted by Gasteiger charge is -2.20. The maximum Gasteiger partial charge on any atom is 0.222 e. The second kappa shape index (κ2) is 44.3. The van der Waals surface area contributed by atoms with Crippen molar-refractivity contribution in [1.82, 2.24) is 5.32 Å². The van der Waals surface area contributed by atoms with Gasteiger partial charge in [0, 0.05) is 0 Å². The molecule has 0 spiro atoms. The first-order chi connectivity index (χ1) is 26.5. The van der Waals surface area contributed by atoms with Gasteiger partial charge in [-0.1, -0.05) is 217 Å². The molecule has 0 bridgehead atoms. The first kappa shape index (κ1) is 52.6. The van der Waals surface area contributed by atoms with Crippen molar-refractivity contribution in [2.24, 2.45) is 0 Å². The van der Waals surface area contributed by atoms with E-state index in [1.165, 1.54) is 173 Å². The van der Waals surface area contributed by atoms with E-state index < -0.39 is 18.2 Å². The third-order valence-corrected chi connectivity index (χ3v) is 10.9. The van der Waals surface area contributed by atoms with Gasteiger partial charge in [0.05, 0.1) is 31.3 Å². The highest BCUT2D eigenvalue weighted by Crippen LogP contribution is 2.15. The first-order valence-corrected chi connectivity index (χ1v) is 23.8. The molecule has 54 heavy (non-hydrogen) atoms. The third-order valence-electron chi connectivity index (χ3n) is 10.9. The highest BCUT2D eigenvalue weighted by atomic mass is 16.3. The highest BCUT2D eigenvalue weighted by Gasteiger charge is 2.20. The molecule has 1 amide bonds. The van der Waals surface area contributed by atoms with Crippen LogP contribution in [-0.2, 0) is 4.79 Å². The van der Waals surface area contributed by atoms with Crippen molar-refractivity contribution < 1.29 is 20.1 Å². The lowest BCUT2D eigenvalue weighted by atomic mass is 10.0. The summed E-state index contributed by atoms with van der Waals surface area (Å²) >= 11 is 0. The van der Waals surface area contributed by atoms with Crippen molar-refractivity contribution in [3.05, 3.63) is 36.5 Å². The maximum atomic E-state index is 12.5. The van der Waals surface area contributed by atoms with E-state index in [0.717, 1.165) is 44.9 Å². The van der Waals surface area contributed by atoms with Gasteiger partial charge in [0.15, 0.2) is 0 Å². The van der Waals surface area contributed by atoms with E-state index in [1.807, 2.05) is 6.08 Å². The predicted octanol–water partition coefficient (Wildman–Crippen LogP) is 13.9. The zero-order valence-corrected chi connectivity index (χ0v) is 36.1. The van der Waals surface area contributed by atoms with Crippen molar-refractivity contribution in [2.45, 2.75) is 263 Å². The van der Waals surface area contributed by atoms with Crippen LogP contribution in [0.5, 0.6) is 0 Å². The number of hydrogen-bond acceptors (Lipinski definition) is 4. The van der Waals surface area contributed by atoms with Gasteiger partial charge in [0.25, 0.3) is 0 Å². The van der Waals surface area contributed by atoms with Gasteiger partial charge in [-0.05, 0) is 57.8 Å². The molecular weight excluding hydrogens is 667 g/mol. The number of amides is 1. The lowest BCUT2D eigenvalue weighted by Crippen LogP contribution is -2.45. The van der Waals surface area contributed by atoms with Crippen LogP contribution in [0.25, 0.3) is 0 Å². The molecule has 5 nitrogen and oxygen atoms in total. The van der Waals surface area contributed by atoms with E-state index in [1.54, 1.807) is 6.08 Å². The molecular formula is C49H93NO4. The van der Waals surface area contributed by atoms with E-state index in [0.29, 0.717) is 6.42 Å². The summed E-state index contributed by atoms with van der Waals surface area (Å²) in [5, 5.41) is 33.3. The molecule has 0 aliphatic rings. The van der Waals surface area contributed by atoms with Crippen molar-refractivity contribution in [2.75, 3.05) is 6.61 Å². The summed E-state index contributed by atoms with van der Waals surface area (Å²) in [5.74, 6) is -0.329. The Morgan fingerprint density at radius 2 is 0.796 bits per heavy atom. The second-order valence-corrected chi connectivity index (χ2v) is 16.4. The van der Waals surface area contributed by atoms with Crippen LogP contribution in [0.1, 0.15) is 245 Å². The van der Waals surface area contributed by atoms with Crippen LogP contribution in [0.4, 0.5) is 0 Å². The van der Waals surface area contributed by atoms with Gasteiger partial charge < -0.3 is 20.6 Å². The number of carbonyl (C=O) groups excluding carboxylic acids is 1. The van der Waals surface area contributed by atoms with E-state index in [2.05, 4.69) is 43.5 Å². The van der Waals surface area contributed by atoms with Gasteiger partial charge in [-0.2, -0.15) is 0 Å². The zero-order chi connectivity index (χ0) is 39.4. The molecule has 0 aromatic heterocycles. The minimum absolute atomic E-state index is 0.000904.